The van der Waals surface area contributed by atoms with Crippen molar-refractivity contribution in [1.29, 1.82) is 0 Å². The van der Waals surface area contributed by atoms with Crippen LogP contribution in [0, 0.1) is 0 Å². The molecule has 3 rings (SSSR count). The summed E-state index contributed by atoms with van der Waals surface area (Å²) >= 11 is 0. The topological polar surface area (TPSA) is 43.8 Å². The molecule has 0 aromatic heterocycles. The minimum Gasteiger partial charge on any atom is -0.379 e. The Kier molecular flexibility index (Phi) is 5.26. The fourth-order valence-electron chi connectivity index (χ4n) is 3.90. The predicted octanol–water partition coefficient (Wildman–Crippen LogP) is 2.76. The highest BCUT2D eigenvalue weighted by Crippen LogP contribution is 2.27. The number of benzene rings is 1. The Hall–Kier alpha value is -1.39. The van der Waals surface area contributed by atoms with Gasteiger partial charge in [0.15, 0.2) is 5.60 Å². The Morgan fingerprint density at radius 3 is 2.38 bits per heavy atom. The molecule has 1 amide bonds. The number of hydrogen-bond donors (Lipinski definition) is 1. The molecule has 1 aromatic carbocycles. The van der Waals surface area contributed by atoms with E-state index in [9.17, 15) is 9.90 Å². The molecule has 132 valence electrons. The van der Waals surface area contributed by atoms with Crippen molar-refractivity contribution in [3.05, 3.63) is 35.4 Å². The number of β-amino-alcohol motifs (C(OH)–C–C–N with tert-alkyl or cyclic N) is 1. The summed E-state index contributed by atoms with van der Waals surface area (Å²) < 4.78 is 0. The molecule has 24 heavy (non-hydrogen) atoms. The van der Waals surface area contributed by atoms with Gasteiger partial charge in [-0.25, -0.2) is 0 Å². The third kappa shape index (κ3) is 3.81. The number of rotatable bonds is 5. The first-order valence-corrected chi connectivity index (χ1v) is 9.31. The van der Waals surface area contributed by atoms with Crippen molar-refractivity contribution in [3.8, 4) is 0 Å². The normalized spacial score (nSPS) is 25.7. The smallest absolute Gasteiger partial charge is 0.256 e. The monoisotopic (exact) mass is 330 g/mol. The highest BCUT2D eigenvalue weighted by atomic mass is 16.3. The molecule has 1 atom stereocenters. The minimum atomic E-state index is -1.19. The van der Waals surface area contributed by atoms with Crippen LogP contribution in [0.2, 0.25) is 0 Å². The quantitative estimate of drug-likeness (QED) is 0.903. The van der Waals surface area contributed by atoms with Gasteiger partial charge in [0.25, 0.3) is 5.91 Å². The maximum atomic E-state index is 12.9. The van der Waals surface area contributed by atoms with Crippen molar-refractivity contribution in [2.45, 2.75) is 57.6 Å². The molecule has 0 unspecified atom stereocenters. The van der Waals surface area contributed by atoms with Gasteiger partial charge in [-0.2, -0.15) is 0 Å². The maximum Gasteiger partial charge on any atom is 0.256 e. The zero-order valence-electron chi connectivity index (χ0n) is 15.0. The zero-order chi connectivity index (χ0) is 17.2. The number of nitrogens with zero attached hydrogens (tertiary/aromatic N) is 2. The lowest BCUT2D eigenvalue weighted by atomic mass is 9.90. The molecule has 2 saturated heterocycles. The number of hydrogen-bond acceptors (Lipinski definition) is 3. The third-order valence-corrected chi connectivity index (χ3v) is 5.41. The predicted molar refractivity (Wildman–Crippen MR) is 95.8 cm³/mol. The summed E-state index contributed by atoms with van der Waals surface area (Å²) in [5, 5.41) is 10.9. The average molecular weight is 330 g/mol. The first kappa shape index (κ1) is 17.4. The third-order valence-electron chi connectivity index (χ3n) is 5.41. The molecule has 2 aliphatic rings. The lowest BCUT2D eigenvalue weighted by Crippen LogP contribution is -2.58. The highest BCUT2D eigenvalue weighted by Gasteiger charge is 2.43. The summed E-state index contributed by atoms with van der Waals surface area (Å²) in [5.41, 5.74) is 1.26. The van der Waals surface area contributed by atoms with E-state index in [0.29, 0.717) is 25.4 Å². The number of carbonyl (C=O) groups excluding carboxylic acids is 1. The number of carbonyl (C=O) groups is 1. The van der Waals surface area contributed by atoms with Crippen molar-refractivity contribution in [3.63, 3.8) is 0 Å². The van der Waals surface area contributed by atoms with Crippen molar-refractivity contribution in [1.82, 2.24) is 9.80 Å². The Morgan fingerprint density at radius 2 is 1.75 bits per heavy atom. The second-order valence-electron chi connectivity index (χ2n) is 7.74. The molecular weight excluding hydrogens is 300 g/mol. The van der Waals surface area contributed by atoms with Crippen molar-refractivity contribution >= 4 is 5.91 Å². The molecule has 0 radical (unpaired) electrons. The second-order valence-corrected chi connectivity index (χ2v) is 7.74. The van der Waals surface area contributed by atoms with Crippen LogP contribution in [0.1, 0.15) is 56.6 Å². The number of likely N-dealkylation sites (tertiary alicyclic amines) is 2. The van der Waals surface area contributed by atoms with Crippen LogP contribution < -0.4 is 0 Å². The molecule has 4 heteroatoms. The minimum absolute atomic E-state index is 0.0893. The van der Waals surface area contributed by atoms with Crippen LogP contribution in [0.5, 0.6) is 0 Å². The number of piperidine rings is 1. The standard InChI is InChI=1S/C20H30N2O2/c1-16(2)18-8-6-17(7-9-18)14-22-13-5-10-20(24,19(22)23)15-21-11-3-4-12-21/h6-9,16,24H,3-5,10-15H2,1-2H3/t20-/m0/s1. The molecule has 0 spiro atoms. The molecule has 4 nitrogen and oxygen atoms in total. The van der Waals surface area contributed by atoms with Gasteiger partial charge in [-0.1, -0.05) is 38.1 Å². The summed E-state index contributed by atoms with van der Waals surface area (Å²) in [6.07, 6.45) is 3.82. The zero-order valence-corrected chi connectivity index (χ0v) is 15.0. The summed E-state index contributed by atoms with van der Waals surface area (Å²) in [6.45, 7) is 8.21. The van der Waals surface area contributed by atoms with Crippen molar-refractivity contribution in [2.24, 2.45) is 0 Å². The summed E-state index contributed by atoms with van der Waals surface area (Å²) in [6, 6.07) is 8.50. The SMILES string of the molecule is CC(C)c1ccc(CN2CCC[C@](O)(CN3CCCC3)C2=O)cc1. The van der Waals surface area contributed by atoms with Gasteiger partial charge in [-0.05, 0) is 55.8 Å². The van der Waals surface area contributed by atoms with Gasteiger partial charge >= 0.3 is 0 Å². The molecule has 1 N–H and O–H groups in total. The van der Waals surface area contributed by atoms with E-state index in [2.05, 4.69) is 43.0 Å². The highest BCUT2D eigenvalue weighted by molar-refractivity contribution is 5.86. The van der Waals surface area contributed by atoms with E-state index in [1.807, 2.05) is 4.90 Å². The van der Waals surface area contributed by atoms with Crippen LogP contribution >= 0.6 is 0 Å². The summed E-state index contributed by atoms with van der Waals surface area (Å²) in [5.74, 6) is 0.426. The van der Waals surface area contributed by atoms with Gasteiger partial charge in [0.05, 0.1) is 0 Å². The van der Waals surface area contributed by atoms with Crippen LogP contribution in [0.25, 0.3) is 0 Å². The lowest BCUT2D eigenvalue weighted by molar-refractivity contribution is -0.159. The van der Waals surface area contributed by atoms with Gasteiger partial charge in [0.2, 0.25) is 0 Å². The van der Waals surface area contributed by atoms with Gasteiger partial charge in [-0.3, -0.25) is 9.69 Å². The van der Waals surface area contributed by atoms with E-state index < -0.39 is 5.60 Å². The van der Waals surface area contributed by atoms with Gasteiger partial charge in [0.1, 0.15) is 0 Å². The molecule has 1 aromatic rings. The van der Waals surface area contributed by atoms with Gasteiger partial charge in [0, 0.05) is 19.6 Å². The van der Waals surface area contributed by atoms with Crippen molar-refractivity contribution < 1.29 is 9.90 Å². The fraction of sp³-hybridized carbons (Fsp3) is 0.650. The van der Waals surface area contributed by atoms with E-state index in [4.69, 9.17) is 0 Å². The molecule has 2 aliphatic heterocycles. The van der Waals surface area contributed by atoms with Crippen LogP contribution in [-0.4, -0.2) is 52.6 Å². The van der Waals surface area contributed by atoms with Crippen LogP contribution in [0.4, 0.5) is 0 Å². The second kappa shape index (κ2) is 7.24. The number of amides is 1. The van der Waals surface area contributed by atoms with Crippen LogP contribution in [-0.2, 0) is 11.3 Å². The van der Waals surface area contributed by atoms with Gasteiger partial charge in [-0.15, -0.1) is 0 Å². The van der Waals surface area contributed by atoms with Crippen LogP contribution in [0.3, 0.4) is 0 Å². The van der Waals surface area contributed by atoms with Crippen molar-refractivity contribution in [2.75, 3.05) is 26.2 Å². The Bertz CT molecular complexity index is 564. The van der Waals surface area contributed by atoms with E-state index in [1.165, 1.54) is 18.4 Å². The molecule has 0 bridgehead atoms. The molecule has 0 aliphatic carbocycles. The molecular formula is C20H30N2O2. The molecule has 0 saturated carbocycles. The fourth-order valence-corrected chi connectivity index (χ4v) is 3.90. The largest absolute Gasteiger partial charge is 0.379 e. The summed E-state index contributed by atoms with van der Waals surface area (Å²) in [4.78, 5) is 16.9. The Balaban J connectivity index is 1.65. The first-order chi connectivity index (χ1) is 11.5. The van der Waals surface area contributed by atoms with E-state index in [1.54, 1.807) is 0 Å². The van der Waals surface area contributed by atoms with Gasteiger partial charge < -0.3 is 10.0 Å². The summed E-state index contributed by atoms with van der Waals surface area (Å²) in [7, 11) is 0. The van der Waals surface area contributed by atoms with Crippen LogP contribution in [0.15, 0.2) is 24.3 Å². The first-order valence-electron chi connectivity index (χ1n) is 9.31. The van der Waals surface area contributed by atoms with E-state index in [-0.39, 0.29) is 5.91 Å². The molecule has 2 heterocycles. The van der Waals surface area contributed by atoms with E-state index in [0.717, 1.165) is 31.6 Å². The average Bonchev–Trinajstić information content (AvgIpc) is 3.05. The Morgan fingerprint density at radius 1 is 1.08 bits per heavy atom. The number of aliphatic hydroxyl groups is 1. The molecule has 2 fully saturated rings. The maximum absolute atomic E-state index is 12.9. The van der Waals surface area contributed by atoms with E-state index >= 15 is 0 Å². The lowest BCUT2D eigenvalue weighted by Gasteiger charge is -2.40. The Labute approximate surface area is 145 Å².